The fourth-order valence-electron chi connectivity index (χ4n) is 0.700. The first kappa shape index (κ1) is 6.07. The molecule has 1 aliphatic rings. The maximum Gasteiger partial charge on any atom is 0.243 e. The lowest BCUT2D eigenvalue weighted by atomic mass is 10.3. The van der Waals surface area contributed by atoms with E-state index in [1.807, 2.05) is 0 Å². The van der Waals surface area contributed by atoms with Crippen LogP contribution in [0.3, 0.4) is 0 Å². The summed E-state index contributed by atoms with van der Waals surface area (Å²) in [4.78, 5) is 20.3. The van der Waals surface area contributed by atoms with Gasteiger partial charge < -0.3 is 11.1 Å². The normalized spacial score (nSPS) is 20.4. The smallest absolute Gasteiger partial charge is 0.243 e. The van der Waals surface area contributed by atoms with Crippen molar-refractivity contribution in [3.63, 3.8) is 0 Å². The van der Waals surface area contributed by atoms with Crippen LogP contribution < -0.4 is 11.1 Å². The first-order chi connectivity index (χ1) is 4.21. The second-order valence-electron chi connectivity index (χ2n) is 2.21. The molecular formula is C5H8N2O2. The summed E-state index contributed by atoms with van der Waals surface area (Å²) in [5, 5.41) is 2.38. The minimum Gasteiger partial charge on any atom is -0.368 e. The monoisotopic (exact) mass is 128 g/mol. The summed E-state index contributed by atoms with van der Waals surface area (Å²) >= 11 is 0. The second-order valence-corrected chi connectivity index (χ2v) is 2.21. The number of primary amides is 1. The van der Waals surface area contributed by atoms with E-state index in [-0.39, 0.29) is 0 Å². The van der Waals surface area contributed by atoms with Crippen molar-refractivity contribution in [3.05, 3.63) is 0 Å². The molecule has 2 amide bonds. The summed E-state index contributed by atoms with van der Waals surface area (Å²) in [5.74, 6) is -0.436. The van der Waals surface area contributed by atoms with Gasteiger partial charge in [-0.05, 0) is 12.8 Å². The number of carbonyl (C=O) groups excluding carboxylic acids is 2. The molecule has 0 aromatic heterocycles. The van der Waals surface area contributed by atoms with Crippen LogP contribution in [0.2, 0.25) is 0 Å². The predicted molar refractivity (Wildman–Crippen MR) is 30.4 cm³/mol. The van der Waals surface area contributed by atoms with Crippen molar-refractivity contribution in [3.8, 4) is 0 Å². The molecule has 4 heteroatoms. The predicted octanol–water partition coefficient (Wildman–Crippen LogP) is -1.25. The lowest BCUT2D eigenvalue weighted by Crippen LogP contribution is -2.42. The van der Waals surface area contributed by atoms with Gasteiger partial charge >= 0.3 is 0 Å². The first-order valence-corrected chi connectivity index (χ1v) is 2.72. The Kier molecular flexibility index (Phi) is 1.16. The minimum atomic E-state index is -0.679. The molecule has 0 radical (unpaired) electrons. The summed E-state index contributed by atoms with van der Waals surface area (Å²) in [6.07, 6.45) is 1.87. The van der Waals surface area contributed by atoms with Gasteiger partial charge in [-0.1, -0.05) is 0 Å². The molecule has 3 N–H and O–H groups in total. The lowest BCUT2D eigenvalue weighted by molar-refractivity contribution is -0.123. The van der Waals surface area contributed by atoms with E-state index in [0.717, 1.165) is 0 Å². The molecule has 1 rings (SSSR count). The first-order valence-electron chi connectivity index (χ1n) is 2.72. The third-order valence-corrected chi connectivity index (χ3v) is 1.56. The summed E-state index contributed by atoms with van der Waals surface area (Å²) in [5.41, 5.74) is 4.28. The highest BCUT2D eigenvalue weighted by atomic mass is 16.2. The molecule has 50 valence electrons. The number of hydrogen-bond donors (Lipinski definition) is 2. The number of amides is 2. The fraction of sp³-hybridized carbons (Fsp3) is 0.600. The Labute approximate surface area is 52.4 Å². The third kappa shape index (κ3) is 0.872. The molecule has 0 saturated heterocycles. The number of rotatable bonds is 3. The van der Waals surface area contributed by atoms with E-state index in [1.54, 1.807) is 0 Å². The van der Waals surface area contributed by atoms with E-state index in [9.17, 15) is 9.59 Å². The lowest BCUT2D eigenvalue weighted by Gasteiger charge is -2.06. The van der Waals surface area contributed by atoms with Gasteiger partial charge in [0, 0.05) is 0 Å². The molecule has 0 aliphatic heterocycles. The van der Waals surface area contributed by atoms with Crippen LogP contribution in [0.1, 0.15) is 12.8 Å². The summed E-state index contributed by atoms with van der Waals surface area (Å²) in [6, 6.07) is 0. The van der Waals surface area contributed by atoms with Crippen LogP contribution in [0.5, 0.6) is 0 Å². The fourth-order valence-corrected chi connectivity index (χ4v) is 0.700. The third-order valence-electron chi connectivity index (χ3n) is 1.56. The van der Waals surface area contributed by atoms with Gasteiger partial charge in [0.1, 0.15) is 5.54 Å². The second kappa shape index (κ2) is 1.72. The Hall–Kier alpha value is -1.06. The van der Waals surface area contributed by atoms with Crippen LogP contribution >= 0.6 is 0 Å². The zero-order valence-electron chi connectivity index (χ0n) is 4.89. The highest BCUT2D eigenvalue weighted by Crippen LogP contribution is 2.33. The number of nitrogens with one attached hydrogen (secondary N) is 1. The van der Waals surface area contributed by atoms with Crippen molar-refractivity contribution in [2.24, 2.45) is 5.73 Å². The van der Waals surface area contributed by atoms with Gasteiger partial charge in [0.05, 0.1) is 0 Å². The molecular weight excluding hydrogens is 120 g/mol. The van der Waals surface area contributed by atoms with Gasteiger partial charge in [0.15, 0.2) is 0 Å². The van der Waals surface area contributed by atoms with Crippen LogP contribution in [-0.4, -0.2) is 17.9 Å². The molecule has 0 bridgehead atoms. The van der Waals surface area contributed by atoms with Crippen LogP contribution in [0.4, 0.5) is 0 Å². The maximum absolute atomic E-state index is 10.5. The molecule has 0 aromatic carbocycles. The molecule has 0 unspecified atom stereocenters. The van der Waals surface area contributed by atoms with Crippen molar-refractivity contribution in [2.45, 2.75) is 18.4 Å². The van der Waals surface area contributed by atoms with Crippen molar-refractivity contribution in [1.29, 1.82) is 0 Å². The summed E-state index contributed by atoms with van der Waals surface area (Å²) in [7, 11) is 0. The average molecular weight is 128 g/mol. The topological polar surface area (TPSA) is 72.2 Å². The summed E-state index contributed by atoms with van der Waals surface area (Å²) in [6.45, 7) is 0. The van der Waals surface area contributed by atoms with Crippen molar-refractivity contribution in [2.75, 3.05) is 0 Å². The molecule has 0 heterocycles. The zero-order chi connectivity index (χ0) is 6.91. The highest BCUT2D eigenvalue weighted by Gasteiger charge is 2.48. The Morgan fingerprint density at radius 3 is 2.33 bits per heavy atom. The Morgan fingerprint density at radius 1 is 1.67 bits per heavy atom. The number of nitrogens with two attached hydrogens (primary N) is 1. The molecule has 0 aromatic rings. The Morgan fingerprint density at radius 2 is 2.22 bits per heavy atom. The van der Waals surface area contributed by atoms with Crippen molar-refractivity contribution < 1.29 is 9.59 Å². The SMILES string of the molecule is NC(=O)C1(NC=O)CC1. The van der Waals surface area contributed by atoms with E-state index < -0.39 is 11.4 Å². The zero-order valence-corrected chi connectivity index (χ0v) is 4.89. The van der Waals surface area contributed by atoms with Gasteiger partial charge in [-0.2, -0.15) is 0 Å². The molecule has 0 atom stereocenters. The average Bonchev–Trinajstić information content (AvgIpc) is 2.49. The number of hydrogen-bond acceptors (Lipinski definition) is 2. The largest absolute Gasteiger partial charge is 0.368 e. The van der Waals surface area contributed by atoms with Crippen LogP contribution in [0.15, 0.2) is 0 Å². The van der Waals surface area contributed by atoms with E-state index in [4.69, 9.17) is 5.73 Å². The van der Waals surface area contributed by atoms with Crippen molar-refractivity contribution in [1.82, 2.24) is 5.32 Å². The molecule has 1 fully saturated rings. The highest BCUT2D eigenvalue weighted by molar-refractivity contribution is 5.89. The molecule has 1 saturated carbocycles. The minimum absolute atomic E-state index is 0.436. The van der Waals surface area contributed by atoms with Gasteiger partial charge in [0.2, 0.25) is 12.3 Å². The maximum atomic E-state index is 10.5. The van der Waals surface area contributed by atoms with Gasteiger partial charge in [-0.3, -0.25) is 9.59 Å². The molecule has 4 nitrogen and oxygen atoms in total. The van der Waals surface area contributed by atoms with Gasteiger partial charge in [0.25, 0.3) is 0 Å². The Balaban J connectivity index is 2.52. The van der Waals surface area contributed by atoms with E-state index >= 15 is 0 Å². The Bertz CT molecular complexity index is 151. The summed E-state index contributed by atoms with van der Waals surface area (Å²) < 4.78 is 0. The van der Waals surface area contributed by atoms with Crippen LogP contribution in [0, 0.1) is 0 Å². The standard InChI is InChI=1S/C5H8N2O2/c6-4(9)5(1-2-5)7-3-8/h3H,1-2H2,(H2,6,9)(H,7,8). The molecule has 9 heavy (non-hydrogen) atoms. The quantitative estimate of drug-likeness (QED) is 0.466. The van der Waals surface area contributed by atoms with Gasteiger partial charge in [-0.15, -0.1) is 0 Å². The van der Waals surface area contributed by atoms with Crippen LogP contribution in [-0.2, 0) is 9.59 Å². The van der Waals surface area contributed by atoms with Crippen molar-refractivity contribution >= 4 is 12.3 Å². The van der Waals surface area contributed by atoms with Gasteiger partial charge in [-0.25, -0.2) is 0 Å². The van der Waals surface area contributed by atoms with E-state index in [2.05, 4.69) is 5.32 Å². The molecule has 1 aliphatic carbocycles. The molecule has 0 spiro atoms. The number of carbonyl (C=O) groups is 2. The van der Waals surface area contributed by atoms with Crippen LogP contribution in [0.25, 0.3) is 0 Å². The van der Waals surface area contributed by atoms with E-state index in [1.165, 1.54) is 0 Å². The van der Waals surface area contributed by atoms with E-state index in [0.29, 0.717) is 19.3 Å².